The summed E-state index contributed by atoms with van der Waals surface area (Å²) in [5.41, 5.74) is 1.56. The Morgan fingerprint density at radius 3 is 2.47 bits per heavy atom. The second kappa shape index (κ2) is 4.32. The fourth-order valence-corrected chi connectivity index (χ4v) is 3.97. The summed E-state index contributed by atoms with van der Waals surface area (Å²) in [5, 5.41) is 13.5. The molecule has 0 radical (unpaired) electrons. The largest absolute Gasteiger partial charge is 0.392 e. The summed E-state index contributed by atoms with van der Waals surface area (Å²) < 4.78 is 2.07. The van der Waals surface area contributed by atoms with Crippen molar-refractivity contribution in [3.8, 4) is 0 Å². The second-order valence-electron chi connectivity index (χ2n) is 6.58. The maximum atomic E-state index is 9.11. The lowest BCUT2D eigenvalue weighted by molar-refractivity contribution is 0.102. The molecule has 1 N–H and O–H groups in total. The van der Waals surface area contributed by atoms with Gasteiger partial charge in [-0.25, -0.2) is 0 Å². The van der Waals surface area contributed by atoms with Gasteiger partial charge in [-0.2, -0.15) is 5.10 Å². The van der Waals surface area contributed by atoms with Gasteiger partial charge in [0.05, 0.1) is 18.8 Å². The quantitative estimate of drug-likeness (QED) is 0.900. The predicted octanol–water partition coefficient (Wildman–Crippen LogP) is 1.95. The molecule has 0 amide bonds. The minimum atomic E-state index is 0.101. The lowest BCUT2D eigenvalue weighted by Crippen LogP contribution is -2.44. The van der Waals surface area contributed by atoms with Gasteiger partial charge in [-0.05, 0) is 44.4 Å². The zero-order valence-corrected chi connectivity index (χ0v) is 11.5. The summed E-state index contributed by atoms with van der Waals surface area (Å²) in [4.78, 5) is 2.78. The molecule has 4 rings (SSSR count). The molecule has 0 spiro atoms. The zero-order valence-electron chi connectivity index (χ0n) is 11.5. The molecule has 104 valence electrons. The first-order valence-corrected chi connectivity index (χ1v) is 7.71. The Labute approximate surface area is 114 Å². The molecule has 1 aromatic heterocycles. The van der Waals surface area contributed by atoms with Crippen molar-refractivity contribution < 1.29 is 5.11 Å². The average molecular weight is 261 g/mol. The number of aliphatic hydroxyl groups excluding tert-OH is 1. The van der Waals surface area contributed by atoms with E-state index in [4.69, 9.17) is 5.11 Å². The Kier molecular flexibility index (Phi) is 2.71. The normalized spacial score (nSPS) is 27.6. The molecule has 2 saturated carbocycles. The highest BCUT2D eigenvalue weighted by molar-refractivity contribution is 5.13. The number of piperidine rings is 1. The van der Waals surface area contributed by atoms with E-state index in [1.165, 1.54) is 51.6 Å². The number of nitrogens with zero attached hydrogens (tertiary/aromatic N) is 3. The molecule has 19 heavy (non-hydrogen) atoms. The fourth-order valence-electron chi connectivity index (χ4n) is 3.97. The molecule has 4 nitrogen and oxygen atoms in total. The van der Waals surface area contributed by atoms with Crippen LogP contribution in [-0.2, 0) is 6.61 Å². The summed E-state index contributed by atoms with van der Waals surface area (Å²) >= 11 is 0. The Morgan fingerprint density at radius 2 is 1.95 bits per heavy atom. The molecule has 1 saturated heterocycles. The number of hydrogen-bond donors (Lipinski definition) is 1. The Hall–Kier alpha value is -0.870. The van der Waals surface area contributed by atoms with Crippen molar-refractivity contribution in [2.45, 2.75) is 56.7 Å². The van der Waals surface area contributed by atoms with Crippen LogP contribution in [0.1, 0.15) is 50.1 Å². The third-order valence-corrected chi connectivity index (χ3v) is 5.41. The molecule has 1 aliphatic heterocycles. The van der Waals surface area contributed by atoms with E-state index in [0.717, 1.165) is 11.5 Å². The van der Waals surface area contributed by atoms with Crippen LogP contribution in [0.5, 0.6) is 0 Å². The monoisotopic (exact) mass is 261 g/mol. The van der Waals surface area contributed by atoms with Gasteiger partial charge in [0.2, 0.25) is 0 Å². The van der Waals surface area contributed by atoms with E-state index in [9.17, 15) is 0 Å². The summed E-state index contributed by atoms with van der Waals surface area (Å²) in [6, 6.07) is 0.534. The van der Waals surface area contributed by atoms with Crippen LogP contribution < -0.4 is 0 Å². The van der Waals surface area contributed by atoms with Crippen LogP contribution in [0.25, 0.3) is 0 Å². The van der Waals surface area contributed by atoms with E-state index in [0.29, 0.717) is 11.6 Å². The fraction of sp³-hybridized carbons (Fsp3) is 0.800. The van der Waals surface area contributed by atoms with Gasteiger partial charge in [0.25, 0.3) is 0 Å². The summed E-state index contributed by atoms with van der Waals surface area (Å²) in [6.07, 6.45) is 12.0. The number of hydrogen-bond acceptors (Lipinski definition) is 3. The minimum Gasteiger partial charge on any atom is -0.392 e. The first-order chi connectivity index (χ1) is 9.32. The molecule has 4 heteroatoms. The molecular formula is C15H23N3O. The van der Waals surface area contributed by atoms with Gasteiger partial charge in [0, 0.05) is 30.4 Å². The van der Waals surface area contributed by atoms with Crippen molar-refractivity contribution in [2.75, 3.05) is 13.1 Å². The minimum absolute atomic E-state index is 0.101. The summed E-state index contributed by atoms with van der Waals surface area (Å²) in [5.74, 6) is 1.02. The van der Waals surface area contributed by atoms with E-state index < -0.39 is 0 Å². The van der Waals surface area contributed by atoms with Crippen molar-refractivity contribution in [1.29, 1.82) is 0 Å². The highest BCUT2D eigenvalue weighted by Crippen LogP contribution is 2.58. The van der Waals surface area contributed by atoms with Crippen LogP contribution in [0.4, 0.5) is 0 Å². The molecule has 2 aliphatic carbocycles. The molecule has 2 heterocycles. The molecule has 0 bridgehead atoms. The van der Waals surface area contributed by atoms with Crippen LogP contribution in [-0.4, -0.2) is 38.4 Å². The number of aliphatic hydroxyl groups is 1. The number of likely N-dealkylation sites (tertiary alicyclic amines) is 1. The van der Waals surface area contributed by atoms with Crippen LogP contribution in [0.2, 0.25) is 0 Å². The average Bonchev–Trinajstić information content (AvgIpc) is 3.35. The van der Waals surface area contributed by atoms with E-state index in [1.54, 1.807) is 6.20 Å². The predicted molar refractivity (Wildman–Crippen MR) is 72.7 cm³/mol. The highest BCUT2D eigenvalue weighted by atomic mass is 16.3. The Balaban J connectivity index is 1.39. The van der Waals surface area contributed by atoms with Crippen molar-refractivity contribution in [1.82, 2.24) is 14.7 Å². The van der Waals surface area contributed by atoms with Gasteiger partial charge >= 0.3 is 0 Å². The van der Waals surface area contributed by atoms with Crippen LogP contribution in [0, 0.1) is 5.92 Å². The van der Waals surface area contributed by atoms with E-state index in [1.807, 2.05) is 6.20 Å². The standard InChI is InChI=1S/C15H23N3O/c19-11-12-9-16-18(10-12)14-3-7-17(8-4-14)15(5-6-15)13-1-2-13/h9-10,13-14,19H,1-8,11H2. The maximum Gasteiger partial charge on any atom is 0.0712 e. The van der Waals surface area contributed by atoms with Gasteiger partial charge in [-0.1, -0.05) is 0 Å². The Morgan fingerprint density at radius 1 is 1.21 bits per heavy atom. The van der Waals surface area contributed by atoms with E-state index >= 15 is 0 Å². The SMILES string of the molecule is OCc1cnn(C2CCN(C3(C4CC4)CC3)CC2)c1. The zero-order chi connectivity index (χ0) is 12.9. The Bertz CT molecular complexity index is 454. The van der Waals surface area contributed by atoms with Crippen molar-refractivity contribution >= 4 is 0 Å². The summed E-state index contributed by atoms with van der Waals surface area (Å²) in [7, 11) is 0. The molecular weight excluding hydrogens is 238 g/mol. The first-order valence-electron chi connectivity index (χ1n) is 7.71. The first kappa shape index (κ1) is 11.9. The van der Waals surface area contributed by atoms with Gasteiger partial charge < -0.3 is 5.11 Å². The van der Waals surface area contributed by atoms with Crippen molar-refractivity contribution in [3.05, 3.63) is 18.0 Å². The number of aromatic nitrogens is 2. The lowest BCUT2D eigenvalue weighted by atomic mass is 10.00. The van der Waals surface area contributed by atoms with Gasteiger partial charge in [-0.15, -0.1) is 0 Å². The smallest absolute Gasteiger partial charge is 0.0712 e. The molecule has 0 aromatic carbocycles. The van der Waals surface area contributed by atoms with Crippen LogP contribution in [0.15, 0.2) is 12.4 Å². The van der Waals surface area contributed by atoms with Crippen LogP contribution >= 0.6 is 0 Å². The molecule has 3 aliphatic rings. The molecule has 0 atom stereocenters. The number of rotatable bonds is 4. The maximum absolute atomic E-state index is 9.11. The summed E-state index contributed by atoms with van der Waals surface area (Å²) in [6.45, 7) is 2.56. The second-order valence-corrected chi connectivity index (χ2v) is 6.58. The van der Waals surface area contributed by atoms with Crippen molar-refractivity contribution in [3.63, 3.8) is 0 Å². The van der Waals surface area contributed by atoms with Gasteiger partial charge in [0.15, 0.2) is 0 Å². The van der Waals surface area contributed by atoms with Crippen LogP contribution in [0.3, 0.4) is 0 Å². The van der Waals surface area contributed by atoms with Crippen molar-refractivity contribution in [2.24, 2.45) is 5.92 Å². The molecule has 3 fully saturated rings. The van der Waals surface area contributed by atoms with Gasteiger partial charge in [0.1, 0.15) is 0 Å². The highest BCUT2D eigenvalue weighted by Gasteiger charge is 2.57. The topological polar surface area (TPSA) is 41.3 Å². The van der Waals surface area contributed by atoms with E-state index in [2.05, 4.69) is 14.7 Å². The van der Waals surface area contributed by atoms with E-state index in [-0.39, 0.29) is 6.61 Å². The lowest BCUT2D eigenvalue weighted by Gasteiger charge is -2.38. The molecule has 0 unspecified atom stereocenters. The third kappa shape index (κ3) is 2.01. The third-order valence-electron chi connectivity index (χ3n) is 5.41. The van der Waals surface area contributed by atoms with Gasteiger partial charge in [-0.3, -0.25) is 9.58 Å². The molecule has 1 aromatic rings.